The lowest BCUT2D eigenvalue weighted by atomic mass is 10.00. The Morgan fingerprint density at radius 3 is 2.39 bits per heavy atom. The Balaban J connectivity index is 1.92. The molecule has 2 aliphatic rings. The average molecular weight is 254 g/mol. The molecule has 0 bridgehead atoms. The molecule has 104 valence electrons. The Morgan fingerprint density at radius 2 is 1.94 bits per heavy atom. The van der Waals surface area contributed by atoms with E-state index in [1.807, 2.05) is 0 Å². The van der Waals surface area contributed by atoms with E-state index >= 15 is 0 Å². The molecule has 0 aromatic heterocycles. The lowest BCUT2D eigenvalue weighted by Crippen LogP contribution is -2.50. The van der Waals surface area contributed by atoms with E-state index in [9.17, 15) is 4.79 Å². The summed E-state index contributed by atoms with van der Waals surface area (Å²) in [5, 5.41) is 0. The van der Waals surface area contributed by atoms with Crippen molar-refractivity contribution in [1.82, 2.24) is 9.80 Å². The summed E-state index contributed by atoms with van der Waals surface area (Å²) >= 11 is 0. The SMILES string of the molecule is CCN1CCC(N(C)C(C(=O)OC)C2CC2)CC1. The van der Waals surface area contributed by atoms with Crippen molar-refractivity contribution in [2.45, 2.75) is 44.7 Å². The van der Waals surface area contributed by atoms with E-state index in [-0.39, 0.29) is 12.0 Å². The van der Waals surface area contributed by atoms with Crippen molar-refractivity contribution in [2.24, 2.45) is 5.92 Å². The monoisotopic (exact) mass is 254 g/mol. The molecule has 18 heavy (non-hydrogen) atoms. The highest BCUT2D eigenvalue weighted by molar-refractivity contribution is 5.76. The predicted octanol–water partition coefficient (Wildman–Crippen LogP) is 1.35. The number of carbonyl (C=O) groups excluding carboxylic acids is 1. The Hall–Kier alpha value is -0.610. The van der Waals surface area contributed by atoms with Crippen molar-refractivity contribution < 1.29 is 9.53 Å². The van der Waals surface area contributed by atoms with Gasteiger partial charge >= 0.3 is 5.97 Å². The van der Waals surface area contributed by atoms with Gasteiger partial charge in [-0.05, 0) is 58.3 Å². The zero-order valence-electron chi connectivity index (χ0n) is 11.9. The molecule has 1 saturated carbocycles. The average Bonchev–Trinajstić information content (AvgIpc) is 3.23. The van der Waals surface area contributed by atoms with E-state index in [0.717, 1.165) is 19.6 Å². The summed E-state index contributed by atoms with van der Waals surface area (Å²) in [6.45, 7) is 5.67. The summed E-state index contributed by atoms with van der Waals surface area (Å²) in [5.41, 5.74) is 0. The van der Waals surface area contributed by atoms with Crippen molar-refractivity contribution in [3.05, 3.63) is 0 Å². The number of likely N-dealkylation sites (tertiary alicyclic amines) is 1. The number of carbonyl (C=O) groups is 1. The summed E-state index contributed by atoms with van der Waals surface area (Å²) in [4.78, 5) is 16.7. The van der Waals surface area contributed by atoms with Crippen molar-refractivity contribution in [3.63, 3.8) is 0 Å². The predicted molar refractivity (Wildman–Crippen MR) is 71.4 cm³/mol. The number of ether oxygens (including phenoxy) is 1. The number of piperidine rings is 1. The molecule has 0 spiro atoms. The summed E-state index contributed by atoms with van der Waals surface area (Å²) in [5.74, 6) is 0.490. The maximum Gasteiger partial charge on any atom is 0.323 e. The van der Waals surface area contributed by atoms with Crippen molar-refractivity contribution in [2.75, 3.05) is 33.8 Å². The Labute approximate surface area is 110 Å². The third-order valence-electron chi connectivity index (χ3n) is 4.53. The van der Waals surface area contributed by atoms with Crippen LogP contribution < -0.4 is 0 Å². The Morgan fingerprint density at radius 1 is 1.33 bits per heavy atom. The van der Waals surface area contributed by atoms with Crippen LogP contribution in [0.5, 0.6) is 0 Å². The fourth-order valence-electron chi connectivity index (χ4n) is 3.09. The third kappa shape index (κ3) is 3.04. The number of methoxy groups -OCH3 is 1. The molecule has 1 aliphatic carbocycles. The Bertz CT molecular complexity index is 284. The number of hydrogen-bond acceptors (Lipinski definition) is 4. The molecule has 0 radical (unpaired) electrons. The van der Waals surface area contributed by atoms with Gasteiger partial charge < -0.3 is 9.64 Å². The van der Waals surface area contributed by atoms with Crippen LogP contribution in [0.2, 0.25) is 0 Å². The van der Waals surface area contributed by atoms with E-state index < -0.39 is 0 Å². The zero-order valence-corrected chi connectivity index (χ0v) is 11.9. The van der Waals surface area contributed by atoms with Crippen molar-refractivity contribution in [3.8, 4) is 0 Å². The number of nitrogens with zero attached hydrogens (tertiary/aromatic N) is 2. The first-order chi connectivity index (χ1) is 8.67. The molecule has 0 amide bonds. The zero-order chi connectivity index (χ0) is 13.1. The molecule has 2 fully saturated rings. The molecule has 1 saturated heterocycles. The third-order valence-corrected chi connectivity index (χ3v) is 4.53. The molecule has 2 rings (SSSR count). The van der Waals surface area contributed by atoms with Crippen LogP contribution in [0.25, 0.3) is 0 Å². The largest absolute Gasteiger partial charge is 0.468 e. The van der Waals surface area contributed by atoms with Crippen LogP contribution in [0.1, 0.15) is 32.6 Å². The molecule has 1 heterocycles. The number of rotatable bonds is 5. The van der Waals surface area contributed by atoms with Gasteiger partial charge in [0.25, 0.3) is 0 Å². The van der Waals surface area contributed by atoms with Gasteiger partial charge in [0.15, 0.2) is 0 Å². The topological polar surface area (TPSA) is 32.8 Å². The maximum atomic E-state index is 11.9. The first-order valence-corrected chi connectivity index (χ1v) is 7.19. The first-order valence-electron chi connectivity index (χ1n) is 7.19. The van der Waals surface area contributed by atoms with Crippen molar-refractivity contribution in [1.29, 1.82) is 0 Å². The molecule has 4 nitrogen and oxygen atoms in total. The van der Waals surface area contributed by atoms with E-state index in [1.165, 1.54) is 32.8 Å². The van der Waals surface area contributed by atoms with Gasteiger partial charge in [0.1, 0.15) is 6.04 Å². The lowest BCUT2D eigenvalue weighted by Gasteiger charge is -2.39. The summed E-state index contributed by atoms with van der Waals surface area (Å²) in [6.07, 6.45) is 4.70. The minimum absolute atomic E-state index is 0.00632. The smallest absolute Gasteiger partial charge is 0.323 e. The van der Waals surface area contributed by atoms with Gasteiger partial charge in [-0.2, -0.15) is 0 Å². The minimum Gasteiger partial charge on any atom is -0.468 e. The quantitative estimate of drug-likeness (QED) is 0.693. The van der Waals surface area contributed by atoms with Crippen LogP contribution in [-0.2, 0) is 9.53 Å². The van der Waals surface area contributed by atoms with Crippen LogP contribution in [-0.4, -0.2) is 61.6 Å². The van der Waals surface area contributed by atoms with Crippen LogP contribution in [0.3, 0.4) is 0 Å². The van der Waals surface area contributed by atoms with Crippen LogP contribution >= 0.6 is 0 Å². The number of hydrogen-bond donors (Lipinski definition) is 0. The molecule has 0 aromatic rings. The highest BCUT2D eigenvalue weighted by Gasteiger charge is 2.42. The summed E-state index contributed by atoms with van der Waals surface area (Å²) in [6, 6.07) is 0.533. The summed E-state index contributed by atoms with van der Waals surface area (Å²) < 4.78 is 4.98. The van der Waals surface area contributed by atoms with E-state index in [1.54, 1.807) is 0 Å². The van der Waals surface area contributed by atoms with Gasteiger partial charge in [-0.1, -0.05) is 6.92 Å². The van der Waals surface area contributed by atoms with Gasteiger partial charge in [-0.3, -0.25) is 9.69 Å². The van der Waals surface area contributed by atoms with Gasteiger partial charge in [0.05, 0.1) is 7.11 Å². The minimum atomic E-state index is -0.0436. The van der Waals surface area contributed by atoms with E-state index in [4.69, 9.17) is 4.74 Å². The Kier molecular flexibility index (Phi) is 4.62. The second kappa shape index (κ2) is 6.02. The van der Waals surface area contributed by atoms with Crippen molar-refractivity contribution >= 4 is 5.97 Å². The number of esters is 1. The lowest BCUT2D eigenvalue weighted by molar-refractivity contribution is -0.148. The molecule has 0 N–H and O–H groups in total. The van der Waals surface area contributed by atoms with Crippen LogP contribution in [0.15, 0.2) is 0 Å². The van der Waals surface area contributed by atoms with Crippen LogP contribution in [0.4, 0.5) is 0 Å². The standard InChI is InChI=1S/C14H26N2O2/c1-4-16-9-7-12(8-10-16)15(2)13(11-5-6-11)14(17)18-3/h11-13H,4-10H2,1-3H3. The van der Waals surface area contributed by atoms with Gasteiger partial charge in [0, 0.05) is 6.04 Å². The van der Waals surface area contributed by atoms with E-state index in [0.29, 0.717) is 12.0 Å². The molecule has 1 atom stereocenters. The highest BCUT2D eigenvalue weighted by Crippen LogP contribution is 2.37. The van der Waals surface area contributed by atoms with Gasteiger partial charge in [-0.15, -0.1) is 0 Å². The second-order valence-electron chi connectivity index (χ2n) is 5.64. The van der Waals surface area contributed by atoms with Gasteiger partial charge in [-0.25, -0.2) is 0 Å². The molecular weight excluding hydrogens is 228 g/mol. The number of likely N-dealkylation sites (N-methyl/N-ethyl adjacent to an activating group) is 1. The normalized spacial score (nSPS) is 24.2. The first kappa shape index (κ1) is 13.8. The summed E-state index contributed by atoms with van der Waals surface area (Å²) in [7, 11) is 3.61. The highest BCUT2D eigenvalue weighted by atomic mass is 16.5. The fourth-order valence-corrected chi connectivity index (χ4v) is 3.09. The van der Waals surface area contributed by atoms with Crippen LogP contribution in [0, 0.1) is 5.92 Å². The van der Waals surface area contributed by atoms with Gasteiger partial charge in [0.2, 0.25) is 0 Å². The fraction of sp³-hybridized carbons (Fsp3) is 0.929. The molecule has 0 aromatic carbocycles. The maximum absolute atomic E-state index is 11.9. The molecule has 4 heteroatoms. The molecule has 1 unspecified atom stereocenters. The molecule has 1 aliphatic heterocycles. The molecular formula is C14H26N2O2. The second-order valence-corrected chi connectivity index (χ2v) is 5.64. The van der Waals surface area contributed by atoms with E-state index in [2.05, 4.69) is 23.8 Å².